The predicted molar refractivity (Wildman–Crippen MR) is 55.1 cm³/mol. The number of hydrogen-bond acceptors (Lipinski definition) is 2. The van der Waals surface area contributed by atoms with Crippen molar-refractivity contribution in [1.29, 1.82) is 0 Å². The quantitative estimate of drug-likeness (QED) is 0.595. The predicted octanol–water partition coefficient (Wildman–Crippen LogP) is 0.800. The zero-order chi connectivity index (χ0) is 15.3. The second kappa shape index (κ2) is 4.89. The molecule has 0 radical (unpaired) electrons. The van der Waals surface area contributed by atoms with Gasteiger partial charge < -0.3 is 15.2 Å². The molecule has 3 N–H and O–H groups in total. The maximum atomic E-state index is 13.0. The van der Waals surface area contributed by atoms with E-state index in [1.165, 1.54) is 0 Å². The molecule has 2 bridgehead atoms. The molecule has 1 aliphatic carbocycles. The van der Waals surface area contributed by atoms with Crippen molar-refractivity contribution in [3.05, 3.63) is 0 Å². The van der Waals surface area contributed by atoms with Crippen molar-refractivity contribution < 1.29 is 41.5 Å². The molecule has 0 aromatic heterocycles. The average molecular weight is 329 g/mol. The third-order valence-corrected chi connectivity index (χ3v) is 4.66. The third-order valence-electron chi connectivity index (χ3n) is 4.07. The molecule has 20 heavy (non-hydrogen) atoms. The third kappa shape index (κ3) is 2.10. The zero-order valence-electron chi connectivity index (χ0n) is 10.0. The van der Waals surface area contributed by atoms with Crippen LogP contribution in [0.5, 0.6) is 0 Å². The molecule has 1 saturated carbocycles. The number of nitrogens with two attached hydrogens (primary N) is 1. The van der Waals surface area contributed by atoms with Gasteiger partial charge in [-0.1, -0.05) is 0 Å². The van der Waals surface area contributed by atoms with Crippen molar-refractivity contribution in [3.8, 4) is 0 Å². The molecule has 1 aliphatic heterocycles. The number of aliphatic hydroxyl groups excluding tert-OH is 1. The Balaban J connectivity index is 2.29. The van der Waals surface area contributed by atoms with Crippen LogP contribution in [0, 0.1) is 5.92 Å². The van der Waals surface area contributed by atoms with E-state index in [4.69, 9.17) is 21.4 Å². The summed E-state index contributed by atoms with van der Waals surface area (Å²) in [5, 5.41) is 7.57. The van der Waals surface area contributed by atoms with Crippen molar-refractivity contribution in [2.75, 3.05) is 13.2 Å². The summed E-state index contributed by atoms with van der Waals surface area (Å²) < 4.78 is 83.3. The maximum Gasteiger partial charge on any atom is 0.454 e. The molecule has 1 saturated heterocycles. The number of rotatable bonds is 3. The lowest BCUT2D eigenvalue weighted by Crippen LogP contribution is -3.07. The number of piperidine rings is 1. The highest BCUT2D eigenvalue weighted by atomic mass is 35.5. The molecule has 2 aliphatic rings. The summed E-state index contributed by atoms with van der Waals surface area (Å²) in [6.07, 6.45) is -12.1. The van der Waals surface area contributed by atoms with Gasteiger partial charge in [-0.05, 0) is 6.42 Å². The molecular weight excluding hydrogens is 316 g/mol. The molecule has 2 rings (SSSR count). The van der Waals surface area contributed by atoms with E-state index in [0.29, 0.717) is 0 Å². The minimum absolute atomic E-state index is 0.142. The molecule has 0 spiro atoms. The number of halogens is 7. The molecule has 0 unspecified atom stereocenters. The molecule has 0 aromatic rings. The fraction of sp³-hybridized carbons (Fsp3) is 1.00. The van der Waals surface area contributed by atoms with E-state index in [1.54, 1.807) is 0 Å². The Labute approximate surface area is 115 Å². The highest BCUT2D eigenvalue weighted by Gasteiger charge is 2.85. The van der Waals surface area contributed by atoms with E-state index in [2.05, 4.69) is 0 Å². The van der Waals surface area contributed by atoms with Gasteiger partial charge in [0, 0.05) is 0 Å². The average Bonchev–Trinajstić information content (AvgIpc) is 2.75. The fourth-order valence-corrected chi connectivity index (χ4v) is 3.76. The summed E-state index contributed by atoms with van der Waals surface area (Å²) in [5.74, 6) is -1.79. The van der Waals surface area contributed by atoms with Crippen LogP contribution in [0.3, 0.4) is 0 Å². The summed E-state index contributed by atoms with van der Waals surface area (Å²) in [4.78, 5) is 0. The molecule has 0 aromatic carbocycles. The van der Waals surface area contributed by atoms with Crippen molar-refractivity contribution >= 4 is 11.6 Å². The number of hydrogen-bond donors (Lipinski definition) is 2. The first-order valence-electron chi connectivity index (χ1n) is 5.92. The fourth-order valence-electron chi connectivity index (χ4n) is 3.23. The Morgan fingerprint density at radius 1 is 1.20 bits per heavy atom. The lowest BCUT2D eigenvalue weighted by atomic mass is 9.82. The number of ether oxygens (including phenoxy) is 1. The van der Waals surface area contributed by atoms with Crippen molar-refractivity contribution in [3.63, 3.8) is 0 Å². The molecule has 118 valence electrons. The molecule has 0 amide bonds. The van der Waals surface area contributed by atoms with Crippen LogP contribution in [0.25, 0.3) is 0 Å². The standard InChI is InChI=1S/C10H12ClF6NO2/c11-6-4-3-5(20-2-1-19)7(6)18-8(4,9(12,13)14)10(15,16)17/h4-7,18-19H,1-3H2/p+1/t4-,5+,6+,7+/m0/s1. The van der Waals surface area contributed by atoms with Gasteiger partial charge in [0.2, 0.25) is 0 Å². The van der Waals surface area contributed by atoms with E-state index in [-0.39, 0.29) is 18.5 Å². The van der Waals surface area contributed by atoms with Gasteiger partial charge >= 0.3 is 12.4 Å². The molecule has 4 atom stereocenters. The summed E-state index contributed by atoms with van der Waals surface area (Å²) in [6, 6.07) is -1.13. The summed E-state index contributed by atoms with van der Waals surface area (Å²) in [5.41, 5.74) is -3.86. The van der Waals surface area contributed by atoms with Gasteiger partial charge in [0.15, 0.2) is 0 Å². The molecule has 3 nitrogen and oxygen atoms in total. The summed E-state index contributed by atoms with van der Waals surface area (Å²) in [7, 11) is 0. The van der Waals surface area contributed by atoms with Gasteiger partial charge in [0.25, 0.3) is 5.54 Å². The Morgan fingerprint density at radius 2 is 1.75 bits per heavy atom. The molecule has 1 heterocycles. The van der Waals surface area contributed by atoms with E-state index in [9.17, 15) is 26.3 Å². The van der Waals surface area contributed by atoms with Crippen LogP contribution in [-0.2, 0) is 4.74 Å². The first kappa shape index (κ1) is 16.1. The topological polar surface area (TPSA) is 46.1 Å². The van der Waals surface area contributed by atoms with Crippen LogP contribution in [0.2, 0.25) is 0 Å². The summed E-state index contributed by atoms with van der Waals surface area (Å²) in [6.45, 7) is -0.499. The first-order chi connectivity index (χ1) is 9.06. The number of aliphatic hydroxyl groups is 1. The Morgan fingerprint density at radius 3 is 2.10 bits per heavy atom. The van der Waals surface area contributed by atoms with E-state index in [1.807, 2.05) is 0 Å². The Bertz CT molecular complexity index is 360. The minimum Gasteiger partial charge on any atom is -0.394 e. The van der Waals surface area contributed by atoms with Crippen molar-refractivity contribution in [2.24, 2.45) is 5.92 Å². The molecular formula is C10H13ClF6NO2+. The monoisotopic (exact) mass is 328 g/mol. The van der Waals surface area contributed by atoms with Crippen LogP contribution >= 0.6 is 11.6 Å². The van der Waals surface area contributed by atoms with Gasteiger partial charge in [0.05, 0.1) is 24.5 Å². The van der Waals surface area contributed by atoms with Crippen LogP contribution in [0.1, 0.15) is 6.42 Å². The van der Waals surface area contributed by atoms with Gasteiger partial charge in [-0.25, -0.2) is 0 Å². The van der Waals surface area contributed by atoms with Crippen LogP contribution < -0.4 is 5.32 Å². The smallest absolute Gasteiger partial charge is 0.394 e. The van der Waals surface area contributed by atoms with E-state index < -0.39 is 47.8 Å². The summed E-state index contributed by atoms with van der Waals surface area (Å²) >= 11 is 5.77. The number of alkyl halides is 7. The lowest BCUT2D eigenvalue weighted by molar-refractivity contribution is -0.800. The highest BCUT2D eigenvalue weighted by molar-refractivity contribution is 6.21. The van der Waals surface area contributed by atoms with E-state index >= 15 is 0 Å². The van der Waals surface area contributed by atoms with Gasteiger partial charge in [-0.2, -0.15) is 26.3 Å². The SMILES string of the molecule is OCCO[C@@H]1C[C@H]2[C@@H](Cl)[C@@H]1[NH2+]C2(C(F)(F)F)C(F)(F)F. The van der Waals surface area contributed by atoms with Gasteiger partial charge in [0.1, 0.15) is 12.1 Å². The molecule has 10 heteroatoms. The second-order valence-electron chi connectivity index (χ2n) is 5.03. The highest BCUT2D eigenvalue weighted by Crippen LogP contribution is 2.54. The minimum atomic E-state index is -5.44. The van der Waals surface area contributed by atoms with Gasteiger partial charge in [-0.3, -0.25) is 0 Å². The van der Waals surface area contributed by atoms with Crippen LogP contribution in [-0.4, -0.2) is 53.7 Å². The Hall–Kier alpha value is -0.250. The number of quaternary nitrogens is 1. The van der Waals surface area contributed by atoms with Crippen LogP contribution in [0.4, 0.5) is 26.3 Å². The Kier molecular flexibility index (Phi) is 3.94. The molecule has 2 fully saturated rings. The first-order valence-corrected chi connectivity index (χ1v) is 6.36. The van der Waals surface area contributed by atoms with Crippen molar-refractivity contribution in [1.82, 2.24) is 0 Å². The van der Waals surface area contributed by atoms with Gasteiger partial charge in [-0.15, -0.1) is 11.6 Å². The lowest BCUT2D eigenvalue weighted by Gasteiger charge is -2.39. The van der Waals surface area contributed by atoms with Crippen LogP contribution in [0.15, 0.2) is 0 Å². The normalized spacial score (nSPS) is 36.6. The largest absolute Gasteiger partial charge is 0.454 e. The number of fused-ring (bicyclic) bond motifs is 2. The van der Waals surface area contributed by atoms with E-state index in [0.717, 1.165) is 0 Å². The second-order valence-corrected chi connectivity index (χ2v) is 5.53. The zero-order valence-corrected chi connectivity index (χ0v) is 10.8. The van der Waals surface area contributed by atoms with Crippen molar-refractivity contribution in [2.45, 2.75) is 41.8 Å². The maximum absolute atomic E-state index is 13.0.